The Morgan fingerprint density at radius 1 is 1.36 bits per heavy atom. The maximum absolute atomic E-state index is 9.15. The van der Waals surface area contributed by atoms with Crippen molar-refractivity contribution in [1.82, 2.24) is 15.5 Å². The van der Waals surface area contributed by atoms with Gasteiger partial charge in [0.25, 0.3) is 0 Å². The summed E-state index contributed by atoms with van der Waals surface area (Å²) in [4.78, 5) is 7.12. The molecule has 0 spiro atoms. The van der Waals surface area contributed by atoms with Gasteiger partial charge in [0.15, 0.2) is 5.96 Å². The monoisotopic (exact) mass is 460 g/mol. The standard InChI is InChI=1S/C19H32N4O.HI/c1-4-20-19(21-11-15(2)14-24)22-18-10-16(3)23(13-18)12-17-8-6-5-7-9-17;/h5-9,15-16,18,24H,4,10-14H2,1-3H3,(H2,20,21,22);1H. The van der Waals surface area contributed by atoms with E-state index in [9.17, 15) is 0 Å². The molecule has 3 unspecified atom stereocenters. The normalized spacial score (nSPS) is 22.3. The van der Waals surface area contributed by atoms with Crippen molar-refractivity contribution in [1.29, 1.82) is 0 Å². The fraction of sp³-hybridized carbons (Fsp3) is 0.632. The molecule has 1 saturated heterocycles. The highest BCUT2D eigenvalue weighted by molar-refractivity contribution is 14.0. The molecule has 1 aromatic rings. The summed E-state index contributed by atoms with van der Waals surface area (Å²) in [6.07, 6.45) is 1.12. The number of nitrogens with zero attached hydrogens (tertiary/aromatic N) is 2. The van der Waals surface area contributed by atoms with Crippen molar-refractivity contribution in [3.05, 3.63) is 35.9 Å². The van der Waals surface area contributed by atoms with E-state index in [0.29, 0.717) is 18.6 Å². The lowest BCUT2D eigenvalue weighted by atomic mass is 10.2. The predicted molar refractivity (Wildman–Crippen MR) is 115 cm³/mol. The molecular formula is C19H33IN4O. The second-order valence-electron chi connectivity index (χ2n) is 6.85. The minimum absolute atomic E-state index is 0. The number of nitrogens with one attached hydrogen (secondary N) is 2. The number of likely N-dealkylation sites (tertiary alicyclic amines) is 1. The van der Waals surface area contributed by atoms with Gasteiger partial charge in [-0.25, -0.2) is 0 Å². The molecule has 25 heavy (non-hydrogen) atoms. The van der Waals surface area contributed by atoms with Crippen molar-refractivity contribution in [3.63, 3.8) is 0 Å². The van der Waals surface area contributed by atoms with Gasteiger partial charge in [0, 0.05) is 44.9 Å². The zero-order valence-electron chi connectivity index (χ0n) is 15.6. The maximum Gasteiger partial charge on any atom is 0.191 e. The van der Waals surface area contributed by atoms with Crippen LogP contribution >= 0.6 is 24.0 Å². The van der Waals surface area contributed by atoms with Crippen LogP contribution in [0, 0.1) is 5.92 Å². The quantitative estimate of drug-likeness (QED) is 0.333. The second kappa shape index (κ2) is 11.7. The Labute approximate surface area is 169 Å². The van der Waals surface area contributed by atoms with E-state index in [0.717, 1.165) is 32.0 Å². The number of aliphatic hydroxyl groups excluding tert-OH is 1. The molecule has 3 N–H and O–H groups in total. The zero-order chi connectivity index (χ0) is 17.4. The van der Waals surface area contributed by atoms with Gasteiger partial charge in [0.1, 0.15) is 0 Å². The number of aliphatic imine (C=N–C) groups is 1. The minimum atomic E-state index is 0. The van der Waals surface area contributed by atoms with Gasteiger partial charge >= 0.3 is 0 Å². The van der Waals surface area contributed by atoms with Crippen LogP contribution in [0.3, 0.4) is 0 Å². The third kappa shape index (κ3) is 7.50. The number of aliphatic hydroxyl groups is 1. The third-order valence-electron chi connectivity index (χ3n) is 4.49. The van der Waals surface area contributed by atoms with Crippen molar-refractivity contribution in [3.8, 4) is 0 Å². The Hall–Kier alpha value is -0.860. The number of halogens is 1. The molecule has 6 heteroatoms. The van der Waals surface area contributed by atoms with Gasteiger partial charge in [-0.3, -0.25) is 9.89 Å². The maximum atomic E-state index is 9.15. The van der Waals surface area contributed by atoms with Crippen molar-refractivity contribution in [2.45, 2.75) is 45.8 Å². The summed E-state index contributed by atoms with van der Waals surface area (Å²) in [6.45, 7) is 10.1. The molecule has 0 saturated carbocycles. The average Bonchev–Trinajstić information content (AvgIpc) is 2.92. The van der Waals surface area contributed by atoms with Crippen molar-refractivity contribution in [2.75, 3.05) is 26.2 Å². The number of rotatable bonds is 7. The van der Waals surface area contributed by atoms with E-state index in [1.54, 1.807) is 0 Å². The fourth-order valence-corrected chi connectivity index (χ4v) is 3.06. The highest BCUT2D eigenvalue weighted by Gasteiger charge is 2.29. The molecule has 0 aromatic heterocycles. The van der Waals surface area contributed by atoms with Crippen LogP contribution in [0.1, 0.15) is 32.8 Å². The van der Waals surface area contributed by atoms with Gasteiger partial charge in [-0.2, -0.15) is 0 Å². The highest BCUT2D eigenvalue weighted by atomic mass is 127. The molecule has 0 bridgehead atoms. The largest absolute Gasteiger partial charge is 0.396 e. The number of hydrogen-bond acceptors (Lipinski definition) is 3. The topological polar surface area (TPSA) is 59.9 Å². The molecule has 0 amide bonds. The predicted octanol–water partition coefficient (Wildman–Crippen LogP) is 2.45. The lowest BCUT2D eigenvalue weighted by molar-refractivity contribution is 0.241. The first-order valence-electron chi connectivity index (χ1n) is 9.06. The van der Waals surface area contributed by atoms with Crippen molar-refractivity contribution in [2.24, 2.45) is 10.9 Å². The molecule has 142 valence electrons. The van der Waals surface area contributed by atoms with Gasteiger partial charge in [0.05, 0.1) is 0 Å². The van der Waals surface area contributed by atoms with Gasteiger partial charge in [0.2, 0.25) is 0 Å². The first-order chi connectivity index (χ1) is 11.6. The van der Waals surface area contributed by atoms with Gasteiger partial charge in [-0.05, 0) is 31.7 Å². The summed E-state index contributed by atoms with van der Waals surface area (Å²) in [5.41, 5.74) is 1.36. The molecule has 3 atom stereocenters. The van der Waals surface area contributed by atoms with Gasteiger partial charge in [-0.1, -0.05) is 37.3 Å². The molecule has 1 aliphatic heterocycles. The van der Waals surface area contributed by atoms with Crippen LogP contribution in [0.5, 0.6) is 0 Å². The van der Waals surface area contributed by atoms with E-state index < -0.39 is 0 Å². The van der Waals surface area contributed by atoms with Crippen LogP contribution in [0.4, 0.5) is 0 Å². The molecule has 2 rings (SSSR count). The van der Waals surface area contributed by atoms with Crippen LogP contribution in [0.2, 0.25) is 0 Å². The first-order valence-corrected chi connectivity index (χ1v) is 9.06. The van der Waals surface area contributed by atoms with E-state index in [4.69, 9.17) is 5.11 Å². The molecule has 0 aliphatic carbocycles. The molecule has 1 aromatic carbocycles. The summed E-state index contributed by atoms with van der Waals surface area (Å²) in [5, 5.41) is 16.0. The minimum Gasteiger partial charge on any atom is -0.396 e. The van der Waals surface area contributed by atoms with Crippen LogP contribution in [0.25, 0.3) is 0 Å². The molecule has 0 radical (unpaired) electrons. The average molecular weight is 460 g/mol. The Balaban J connectivity index is 0.00000312. The second-order valence-corrected chi connectivity index (χ2v) is 6.85. The first kappa shape index (κ1) is 22.2. The van der Waals surface area contributed by atoms with E-state index in [-0.39, 0.29) is 36.5 Å². The number of guanidine groups is 1. The van der Waals surface area contributed by atoms with E-state index >= 15 is 0 Å². The van der Waals surface area contributed by atoms with Crippen molar-refractivity contribution < 1.29 is 5.11 Å². The number of hydrogen-bond donors (Lipinski definition) is 3. The smallest absolute Gasteiger partial charge is 0.191 e. The zero-order valence-corrected chi connectivity index (χ0v) is 17.9. The summed E-state index contributed by atoms with van der Waals surface area (Å²) in [5.74, 6) is 1.05. The van der Waals surface area contributed by atoms with Crippen LogP contribution in [-0.2, 0) is 6.54 Å². The van der Waals surface area contributed by atoms with E-state index in [1.165, 1.54) is 5.56 Å². The Morgan fingerprint density at radius 3 is 2.72 bits per heavy atom. The van der Waals surface area contributed by atoms with Gasteiger partial charge < -0.3 is 15.7 Å². The van der Waals surface area contributed by atoms with Crippen LogP contribution in [-0.4, -0.2) is 54.3 Å². The molecule has 1 aliphatic rings. The summed E-state index contributed by atoms with van der Waals surface area (Å²) >= 11 is 0. The molecule has 5 nitrogen and oxygen atoms in total. The Kier molecular flexibility index (Phi) is 10.4. The fourth-order valence-electron chi connectivity index (χ4n) is 3.06. The Morgan fingerprint density at radius 2 is 2.08 bits per heavy atom. The summed E-state index contributed by atoms with van der Waals surface area (Å²) in [6, 6.07) is 11.6. The van der Waals surface area contributed by atoms with E-state index in [2.05, 4.69) is 64.7 Å². The lowest BCUT2D eigenvalue weighted by Crippen LogP contribution is -2.44. The van der Waals surface area contributed by atoms with E-state index in [1.807, 2.05) is 6.92 Å². The molecule has 1 heterocycles. The van der Waals surface area contributed by atoms with Crippen LogP contribution < -0.4 is 10.6 Å². The number of benzene rings is 1. The SMILES string of the molecule is CCNC(=NCC(C)CO)NC1CC(C)N(Cc2ccccc2)C1.I. The van der Waals surface area contributed by atoms with Crippen molar-refractivity contribution >= 4 is 29.9 Å². The molecular weight excluding hydrogens is 427 g/mol. The van der Waals surface area contributed by atoms with Gasteiger partial charge in [-0.15, -0.1) is 24.0 Å². The molecule has 1 fully saturated rings. The van der Waals surface area contributed by atoms with Crippen LogP contribution in [0.15, 0.2) is 35.3 Å². The highest BCUT2D eigenvalue weighted by Crippen LogP contribution is 2.20. The Bertz CT molecular complexity index is 511. The third-order valence-corrected chi connectivity index (χ3v) is 4.49. The summed E-state index contributed by atoms with van der Waals surface area (Å²) in [7, 11) is 0. The lowest BCUT2D eigenvalue weighted by Gasteiger charge is -2.21. The summed E-state index contributed by atoms with van der Waals surface area (Å²) < 4.78 is 0.